The number of hydrogen-bond donors (Lipinski definition) is 4. The molecule has 0 radical (unpaired) electrons. The number of aliphatic hydroxyl groups excluding tert-OH is 1. The minimum atomic E-state index is -0.830. The van der Waals surface area contributed by atoms with Crippen molar-refractivity contribution in [1.82, 2.24) is 15.1 Å². The van der Waals surface area contributed by atoms with Gasteiger partial charge in [0.05, 0.1) is 23.5 Å². The van der Waals surface area contributed by atoms with E-state index in [1.165, 1.54) is 0 Å². The summed E-state index contributed by atoms with van der Waals surface area (Å²) >= 11 is 0. The molecule has 0 fully saturated rings. The summed E-state index contributed by atoms with van der Waals surface area (Å²) in [5.74, 6) is -0.00956. The van der Waals surface area contributed by atoms with Gasteiger partial charge in [-0.25, -0.2) is 9.48 Å². The largest absolute Gasteiger partial charge is 0.391 e. The zero-order valence-corrected chi connectivity index (χ0v) is 19.2. The van der Waals surface area contributed by atoms with Gasteiger partial charge in [-0.2, -0.15) is 5.10 Å². The van der Waals surface area contributed by atoms with E-state index in [9.17, 15) is 14.7 Å². The third-order valence-corrected chi connectivity index (χ3v) is 6.38. The lowest BCUT2D eigenvalue weighted by atomic mass is 9.69. The number of benzene rings is 2. The Morgan fingerprint density at radius 1 is 1.15 bits per heavy atom. The maximum absolute atomic E-state index is 13.1. The number of primary amides is 1. The van der Waals surface area contributed by atoms with E-state index >= 15 is 0 Å². The van der Waals surface area contributed by atoms with E-state index in [0.717, 1.165) is 22.5 Å². The number of aliphatic hydroxyl groups is 1. The van der Waals surface area contributed by atoms with Gasteiger partial charge in [-0.1, -0.05) is 38.1 Å². The standard InChI is InChI=1S/C25H29N5O3/c1-14-15(2)29-30(17-8-6-5-7-9-17)23(14)28-24(33)27-21-18-12-16(22(26)32)10-11-19(18)25(3,4)13-20(21)31/h5-12,20-21,31H,13H2,1-4H3,(H2,26,32)(H2,27,28,33)/t20-,21-/m1/s1. The number of nitrogens with zero attached hydrogens (tertiary/aromatic N) is 2. The van der Waals surface area contributed by atoms with Crippen LogP contribution in [0.15, 0.2) is 48.5 Å². The molecule has 1 aromatic heterocycles. The van der Waals surface area contributed by atoms with Crippen LogP contribution in [0.3, 0.4) is 0 Å². The third kappa shape index (κ3) is 4.21. The molecular formula is C25H29N5O3. The molecule has 0 saturated carbocycles. The molecule has 33 heavy (non-hydrogen) atoms. The first-order chi connectivity index (χ1) is 15.6. The van der Waals surface area contributed by atoms with Crippen LogP contribution in [0.5, 0.6) is 0 Å². The number of hydrogen-bond acceptors (Lipinski definition) is 4. The highest BCUT2D eigenvalue weighted by molar-refractivity contribution is 5.93. The van der Waals surface area contributed by atoms with Crippen molar-refractivity contribution in [1.29, 1.82) is 0 Å². The Morgan fingerprint density at radius 3 is 2.52 bits per heavy atom. The first-order valence-corrected chi connectivity index (χ1v) is 10.9. The Kier molecular flexibility index (Phi) is 5.71. The molecule has 3 amide bonds. The molecule has 1 heterocycles. The first-order valence-electron chi connectivity index (χ1n) is 10.9. The molecule has 3 aromatic rings. The normalized spacial score (nSPS) is 18.9. The van der Waals surface area contributed by atoms with Gasteiger partial charge in [-0.3, -0.25) is 10.1 Å². The average molecular weight is 448 g/mol. The minimum Gasteiger partial charge on any atom is -0.391 e. The number of fused-ring (bicyclic) bond motifs is 1. The Morgan fingerprint density at radius 2 is 1.85 bits per heavy atom. The van der Waals surface area contributed by atoms with Crippen LogP contribution < -0.4 is 16.4 Å². The van der Waals surface area contributed by atoms with E-state index in [-0.39, 0.29) is 5.41 Å². The van der Waals surface area contributed by atoms with Crippen molar-refractivity contribution >= 4 is 17.8 Å². The number of rotatable bonds is 4. The van der Waals surface area contributed by atoms with Gasteiger partial charge in [-0.05, 0) is 61.1 Å². The van der Waals surface area contributed by atoms with E-state index in [1.54, 1.807) is 16.8 Å². The summed E-state index contributed by atoms with van der Waals surface area (Å²) in [5, 5.41) is 21.3. The number of aryl methyl sites for hydroxylation is 1. The number of urea groups is 1. The van der Waals surface area contributed by atoms with Gasteiger partial charge in [-0.15, -0.1) is 0 Å². The van der Waals surface area contributed by atoms with Crippen LogP contribution in [0.2, 0.25) is 0 Å². The second kappa shape index (κ2) is 8.37. The highest BCUT2D eigenvalue weighted by atomic mass is 16.3. The number of anilines is 1. The fourth-order valence-corrected chi connectivity index (χ4v) is 4.51. The molecule has 0 aliphatic heterocycles. The van der Waals surface area contributed by atoms with E-state index < -0.39 is 24.1 Å². The molecule has 8 heteroatoms. The highest BCUT2D eigenvalue weighted by Crippen LogP contribution is 2.42. The maximum atomic E-state index is 13.1. The minimum absolute atomic E-state index is 0.320. The lowest BCUT2D eigenvalue weighted by Gasteiger charge is -2.40. The Balaban J connectivity index is 1.65. The zero-order valence-electron chi connectivity index (χ0n) is 19.2. The Labute approximate surface area is 192 Å². The molecule has 2 aromatic carbocycles. The fourth-order valence-electron chi connectivity index (χ4n) is 4.51. The summed E-state index contributed by atoms with van der Waals surface area (Å²) in [6.07, 6.45) is -0.371. The predicted octanol–water partition coefficient (Wildman–Crippen LogP) is 3.49. The van der Waals surface area contributed by atoms with E-state index in [0.29, 0.717) is 23.4 Å². The Bertz CT molecular complexity index is 1220. The lowest BCUT2D eigenvalue weighted by molar-refractivity contribution is 0.0879. The lowest BCUT2D eigenvalue weighted by Crippen LogP contribution is -2.45. The summed E-state index contributed by atoms with van der Waals surface area (Å²) < 4.78 is 1.68. The number of para-hydroxylation sites is 1. The Hall–Kier alpha value is -3.65. The quantitative estimate of drug-likeness (QED) is 0.489. The van der Waals surface area contributed by atoms with Gasteiger partial charge in [0.15, 0.2) is 0 Å². The van der Waals surface area contributed by atoms with Gasteiger partial charge in [0.1, 0.15) is 5.82 Å². The molecule has 2 atom stereocenters. The number of amides is 3. The van der Waals surface area contributed by atoms with Crippen LogP contribution in [0, 0.1) is 13.8 Å². The molecule has 4 rings (SSSR count). The second-order valence-electron chi connectivity index (χ2n) is 9.20. The van der Waals surface area contributed by atoms with E-state index in [4.69, 9.17) is 5.73 Å². The molecular weight excluding hydrogens is 418 g/mol. The van der Waals surface area contributed by atoms with E-state index in [1.807, 2.05) is 64.1 Å². The monoisotopic (exact) mass is 447 g/mol. The summed E-state index contributed by atoms with van der Waals surface area (Å²) in [6, 6.07) is 13.6. The molecule has 172 valence electrons. The number of carbonyl (C=O) groups is 2. The second-order valence-corrected chi connectivity index (χ2v) is 9.20. The predicted molar refractivity (Wildman–Crippen MR) is 127 cm³/mol. The third-order valence-electron chi connectivity index (χ3n) is 6.38. The topological polar surface area (TPSA) is 122 Å². The summed E-state index contributed by atoms with van der Waals surface area (Å²) in [4.78, 5) is 24.9. The molecule has 0 bridgehead atoms. The van der Waals surface area contributed by atoms with E-state index in [2.05, 4.69) is 15.7 Å². The number of aromatic nitrogens is 2. The smallest absolute Gasteiger partial charge is 0.320 e. The highest BCUT2D eigenvalue weighted by Gasteiger charge is 2.39. The van der Waals surface area contributed by atoms with Gasteiger partial charge < -0.3 is 16.2 Å². The van der Waals surface area contributed by atoms with Crippen molar-refractivity contribution in [2.75, 3.05) is 5.32 Å². The molecule has 0 unspecified atom stereocenters. The summed E-state index contributed by atoms with van der Waals surface area (Å²) in [5.41, 5.74) is 9.60. The maximum Gasteiger partial charge on any atom is 0.320 e. The molecule has 0 spiro atoms. The molecule has 0 saturated heterocycles. The van der Waals surface area contributed by atoms with Gasteiger partial charge in [0.25, 0.3) is 0 Å². The van der Waals surface area contributed by atoms with Crippen LogP contribution in [0.25, 0.3) is 5.69 Å². The van der Waals surface area contributed by atoms with Crippen LogP contribution in [-0.4, -0.2) is 32.9 Å². The summed E-state index contributed by atoms with van der Waals surface area (Å²) in [6.45, 7) is 7.83. The molecule has 5 N–H and O–H groups in total. The van der Waals surface area contributed by atoms with Crippen LogP contribution in [-0.2, 0) is 5.41 Å². The van der Waals surface area contributed by atoms with Crippen molar-refractivity contribution in [3.05, 3.63) is 76.5 Å². The van der Waals surface area contributed by atoms with Gasteiger partial charge in [0, 0.05) is 11.1 Å². The van der Waals surface area contributed by atoms with Crippen molar-refractivity contribution < 1.29 is 14.7 Å². The number of nitrogens with one attached hydrogen (secondary N) is 2. The van der Waals surface area contributed by atoms with Gasteiger partial charge >= 0.3 is 6.03 Å². The van der Waals surface area contributed by atoms with Crippen molar-refractivity contribution in [2.45, 2.75) is 51.7 Å². The van der Waals surface area contributed by atoms with Crippen molar-refractivity contribution in [3.63, 3.8) is 0 Å². The van der Waals surface area contributed by atoms with Crippen LogP contribution in [0.1, 0.15) is 59.1 Å². The zero-order chi connectivity index (χ0) is 23.9. The summed E-state index contributed by atoms with van der Waals surface area (Å²) in [7, 11) is 0. The first kappa shape index (κ1) is 22.5. The van der Waals surface area contributed by atoms with Crippen molar-refractivity contribution in [3.8, 4) is 5.69 Å². The number of carbonyl (C=O) groups excluding carboxylic acids is 2. The van der Waals surface area contributed by atoms with Crippen molar-refractivity contribution in [2.24, 2.45) is 5.73 Å². The average Bonchev–Trinajstić information content (AvgIpc) is 3.05. The van der Waals surface area contributed by atoms with Crippen LogP contribution >= 0.6 is 0 Å². The van der Waals surface area contributed by atoms with Gasteiger partial charge in [0.2, 0.25) is 5.91 Å². The molecule has 1 aliphatic rings. The molecule has 8 nitrogen and oxygen atoms in total. The fraction of sp³-hybridized carbons (Fsp3) is 0.320. The molecule has 1 aliphatic carbocycles. The number of nitrogens with two attached hydrogens (primary N) is 1. The SMILES string of the molecule is Cc1nn(-c2ccccc2)c(NC(=O)N[C@@H]2c3cc(C(N)=O)ccc3C(C)(C)C[C@H]2O)c1C. The van der Waals surface area contributed by atoms with Crippen LogP contribution in [0.4, 0.5) is 10.6 Å².